The summed E-state index contributed by atoms with van der Waals surface area (Å²) in [6.07, 6.45) is 1.08. The van der Waals surface area contributed by atoms with Gasteiger partial charge < -0.3 is 16.0 Å². The summed E-state index contributed by atoms with van der Waals surface area (Å²) in [5, 5.41) is 3.01. The van der Waals surface area contributed by atoms with Crippen LogP contribution in [0.1, 0.15) is 16.8 Å². The lowest BCUT2D eigenvalue weighted by molar-refractivity contribution is 0.0949. The first kappa shape index (κ1) is 21.6. The van der Waals surface area contributed by atoms with Crippen molar-refractivity contribution in [3.63, 3.8) is 0 Å². The number of amides is 1. The lowest BCUT2D eigenvalue weighted by atomic mass is 10.1. The first-order valence-electron chi connectivity index (χ1n) is 7.76. The minimum atomic E-state index is -0.0935. The van der Waals surface area contributed by atoms with E-state index in [1.165, 1.54) is 5.69 Å². The van der Waals surface area contributed by atoms with Crippen molar-refractivity contribution in [2.75, 3.05) is 30.3 Å². The molecule has 1 fully saturated rings. The van der Waals surface area contributed by atoms with Gasteiger partial charge in [-0.3, -0.25) is 4.79 Å². The van der Waals surface area contributed by atoms with Gasteiger partial charge in [0.05, 0.1) is 5.56 Å². The van der Waals surface area contributed by atoms with Gasteiger partial charge in [-0.05, 0) is 42.7 Å². The monoisotopic (exact) mass is 445 g/mol. The van der Waals surface area contributed by atoms with Gasteiger partial charge in [-0.15, -0.1) is 24.8 Å². The number of carbonyl (C=O) groups is 1. The van der Waals surface area contributed by atoms with Crippen LogP contribution in [0.15, 0.2) is 53.0 Å². The van der Waals surface area contributed by atoms with Crippen molar-refractivity contribution in [2.24, 2.45) is 5.92 Å². The predicted octanol–water partition coefficient (Wildman–Crippen LogP) is 4.13. The largest absolute Gasteiger partial charge is 0.398 e. The maximum atomic E-state index is 12.2. The standard InChI is InChI=1S/C18H20BrN3O.2ClH/c19-14-4-3-5-15(10-14)22-9-8-13(12-22)11-21-18(23)16-6-1-2-7-17(16)20;;/h1-7,10,13H,8-9,11-12,20H2,(H,21,23);2*1H. The van der Waals surface area contributed by atoms with E-state index in [0.29, 0.717) is 23.7 Å². The molecule has 0 spiro atoms. The van der Waals surface area contributed by atoms with Gasteiger partial charge in [0, 0.05) is 35.5 Å². The van der Waals surface area contributed by atoms with Crippen molar-refractivity contribution in [2.45, 2.75) is 6.42 Å². The normalized spacial score (nSPS) is 15.9. The van der Waals surface area contributed by atoms with Crippen LogP contribution in [-0.4, -0.2) is 25.5 Å². The average Bonchev–Trinajstić information content (AvgIpc) is 3.02. The van der Waals surface area contributed by atoms with E-state index in [4.69, 9.17) is 5.73 Å². The lowest BCUT2D eigenvalue weighted by Crippen LogP contribution is -2.31. The third-order valence-corrected chi connectivity index (χ3v) is 4.71. The summed E-state index contributed by atoms with van der Waals surface area (Å²) >= 11 is 3.51. The van der Waals surface area contributed by atoms with Crippen molar-refractivity contribution >= 4 is 58.0 Å². The summed E-state index contributed by atoms with van der Waals surface area (Å²) in [6.45, 7) is 2.66. The Bertz CT molecular complexity index is 714. The van der Waals surface area contributed by atoms with Crippen LogP contribution in [0.3, 0.4) is 0 Å². The number of anilines is 2. The van der Waals surface area contributed by atoms with Crippen LogP contribution in [0, 0.1) is 5.92 Å². The Morgan fingerprint density at radius 2 is 1.96 bits per heavy atom. The molecule has 4 nitrogen and oxygen atoms in total. The van der Waals surface area contributed by atoms with Crippen molar-refractivity contribution in [1.82, 2.24) is 5.32 Å². The first-order chi connectivity index (χ1) is 11.1. The molecule has 7 heteroatoms. The van der Waals surface area contributed by atoms with E-state index in [2.05, 4.69) is 38.3 Å². The van der Waals surface area contributed by atoms with Crippen molar-refractivity contribution in [3.05, 3.63) is 58.6 Å². The van der Waals surface area contributed by atoms with Gasteiger partial charge in [0.2, 0.25) is 0 Å². The summed E-state index contributed by atoms with van der Waals surface area (Å²) in [6, 6.07) is 15.5. The van der Waals surface area contributed by atoms with Gasteiger partial charge in [-0.25, -0.2) is 0 Å². The Morgan fingerprint density at radius 3 is 2.68 bits per heavy atom. The molecule has 3 rings (SSSR count). The molecule has 0 radical (unpaired) electrons. The molecule has 25 heavy (non-hydrogen) atoms. The fraction of sp³-hybridized carbons (Fsp3) is 0.278. The Kier molecular flexibility index (Phi) is 8.56. The van der Waals surface area contributed by atoms with Crippen LogP contribution in [0.5, 0.6) is 0 Å². The second-order valence-corrected chi connectivity index (χ2v) is 6.79. The number of hydrogen-bond acceptors (Lipinski definition) is 3. The van der Waals surface area contributed by atoms with Crippen LogP contribution in [0.4, 0.5) is 11.4 Å². The van der Waals surface area contributed by atoms with Crippen molar-refractivity contribution in [1.29, 1.82) is 0 Å². The quantitative estimate of drug-likeness (QED) is 0.694. The van der Waals surface area contributed by atoms with Crippen molar-refractivity contribution < 1.29 is 4.79 Å². The summed E-state index contributed by atoms with van der Waals surface area (Å²) in [5.41, 5.74) is 8.14. The molecule has 1 aliphatic heterocycles. The van der Waals surface area contributed by atoms with E-state index in [9.17, 15) is 4.79 Å². The molecule has 3 N–H and O–H groups in total. The molecule has 1 unspecified atom stereocenters. The fourth-order valence-electron chi connectivity index (χ4n) is 2.94. The summed E-state index contributed by atoms with van der Waals surface area (Å²) in [5.74, 6) is 0.367. The van der Waals surface area contributed by atoms with Crippen LogP contribution < -0.4 is 16.0 Å². The van der Waals surface area contributed by atoms with Crippen molar-refractivity contribution in [3.8, 4) is 0 Å². The van der Waals surface area contributed by atoms with Gasteiger partial charge >= 0.3 is 0 Å². The van der Waals surface area contributed by atoms with E-state index >= 15 is 0 Å². The molecule has 0 saturated carbocycles. The molecule has 136 valence electrons. The third kappa shape index (κ3) is 5.53. The smallest absolute Gasteiger partial charge is 0.253 e. The molecule has 0 aromatic heterocycles. The number of nitrogens with one attached hydrogen (secondary N) is 1. The molecule has 1 amide bonds. The average molecular weight is 447 g/mol. The zero-order valence-corrected chi connectivity index (χ0v) is 16.9. The van der Waals surface area contributed by atoms with Crippen LogP contribution >= 0.6 is 40.7 Å². The van der Waals surface area contributed by atoms with Gasteiger partial charge in [-0.1, -0.05) is 34.1 Å². The second-order valence-electron chi connectivity index (χ2n) is 5.88. The molecule has 1 saturated heterocycles. The summed E-state index contributed by atoms with van der Waals surface area (Å²) in [7, 11) is 0. The number of rotatable bonds is 4. The van der Waals surface area contributed by atoms with Crippen LogP contribution in [-0.2, 0) is 0 Å². The molecule has 0 bridgehead atoms. The molecule has 1 heterocycles. The van der Waals surface area contributed by atoms with Gasteiger partial charge in [0.15, 0.2) is 0 Å². The van der Waals surface area contributed by atoms with Gasteiger partial charge in [0.1, 0.15) is 0 Å². The summed E-state index contributed by atoms with van der Waals surface area (Å²) < 4.78 is 1.09. The molecule has 1 atom stereocenters. The maximum absolute atomic E-state index is 12.2. The molecular weight excluding hydrogens is 425 g/mol. The van der Waals surface area contributed by atoms with E-state index in [1.54, 1.807) is 12.1 Å². The number of carbonyl (C=O) groups excluding carboxylic acids is 1. The first-order valence-corrected chi connectivity index (χ1v) is 8.56. The van der Waals surface area contributed by atoms with Crippen LogP contribution in [0.25, 0.3) is 0 Å². The number of nitrogen functional groups attached to an aromatic ring is 1. The molecule has 2 aromatic rings. The highest BCUT2D eigenvalue weighted by molar-refractivity contribution is 9.10. The molecule has 2 aromatic carbocycles. The Labute approximate surface area is 169 Å². The SMILES string of the molecule is Cl.Cl.Nc1ccccc1C(=O)NCC1CCN(c2cccc(Br)c2)C1. The molecular formula is C18H22BrCl2N3O. The Balaban J connectivity index is 0.00000156. The molecule has 0 aliphatic carbocycles. The zero-order chi connectivity index (χ0) is 16.2. The Morgan fingerprint density at radius 1 is 1.20 bits per heavy atom. The Hall–Kier alpha value is -1.43. The van der Waals surface area contributed by atoms with Crippen LogP contribution in [0.2, 0.25) is 0 Å². The lowest BCUT2D eigenvalue weighted by Gasteiger charge is -2.19. The summed E-state index contributed by atoms with van der Waals surface area (Å²) in [4.78, 5) is 14.6. The second kappa shape index (κ2) is 9.90. The van der Waals surface area contributed by atoms with Gasteiger partial charge in [0.25, 0.3) is 5.91 Å². The third-order valence-electron chi connectivity index (χ3n) is 4.22. The van der Waals surface area contributed by atoms with E-state index in [1.807, 2.05) is 24.3 Å². The number of benzene rings is 2. The highest BCUT2D eigenvalue weighted by Crippen LogP contribution is 2.26. The fourth-order valence-corrected chi connectivity index (χ4v) is 3.33. The number of nitrogens with zero attached hydrogens (tertiary/aromatic N) is 1. The predicted molar refractivity (Wildman–Crippen MR) is 112 cm³/mol. The topological polar surface area (TPSA) is 58.4 Å². The number of para-hydroxylation sites is 1. The maximum Gasteiger partial charge on any atom is 0.253 e. The number of halogens is 3. The zero-order valence-electron chi connectivity index (χ0n) is 13.7. The van der Waals surface area contributed by atoms with Gasteiger partial charge in [-0.2, -0.15) is 0 Å². The van der Waals surface area contributed by atoms with E-state index in [-0.39, 0.29) is 30.7 Å². The molecule has 1 aliphatic rings. The minimum Gasteiger partial charge on any atom is -0.398 e. The highest BCUT2D eigenvalue weighted by atomic mass is 79.9. The minimum absolute atomic E-state index is 0. The highest BCUT2D eigenvalue weighted by Gasteiger charge is 2.23. The van der Waals surface area contributed by atoms with E-state index in [0.717, 1.165) is 24.0 Å². The number of hydrogen-bond donors (Lipinski definition) is 2. The van der Waals surface area contributed by atoms with E-state index < -0.39 is 0 Å². The number of nitrogens with two attached hydrogens (primary N) is 1.